The van der Waals surface area contributed by atoms with E-state index in [1.165, 1.54) is 12.1 Å². The van der Waals surface area contributed by atoms with Crippen LogP contribution in [0.15, 0.2) is 97.1 Å². The smallest absolute Gasteiger partial charge is 0.416 e. The number of carbonyl (C=O) groups is 2. The number of methoxy groups -OCH3 is 2. The Bertz CT molecular complexity index is 1550. The molecular formula is C32H27F3N2O4. The van der Waals surface area contributed by atoms with Crippen LogP contribution in [0.25, 0.3) is 0 Å². The van der Waals surface area contributed by atoms with Gasteiger partial charge >= 0.3 is 6.18 Å². The second kappa shape index (κ2) is 11.4. The van der Waals surface area contributed by atoms with E-state index in [9.17, 15) is 22.8 Å². The van der Waals surface area contributed by atoms with Crippen LogP contribution in [0.4, 0.5) is 18.9 Å². The van der Waals surface area contributed by atoms with Crippen molar-refractivity contribution >= 4 is 17.5 Å². The number of benzene rings is 4. The molecule has 4 aromatic carbocycles. The summed E-state index contributed by atoms with van der Waals surface area (Å²) in [6, 6.07) is 25.0. The van der Waals surface area contributed by atoms with E-state index in [1.54, 1.807) is 91.9 Å². The number of halogens is 3. The Balaban J connectivity index is 1.58. The van der Waals surface area contributed by atoms with Gasteiger partial charge in [-0.3, -0.25) is 14.5 Å². The zero-order valence-corrected chi connectivity index (χ0v) is 22.3. The van der Waals surface area contributed by atoms with Crippen LogP contribution in [0.2, 0.25) is 0 Å². The molecule has 1 aliphatic heterocycles. The Hall–Kier alpha value is -4.79. The lowest BCUT2D eigenvalue weighted by Gasteiger charge is -2.42. The maximum absolute atomic E-state index is 14.0. The van der Waals surface area contributed by atoms with Crippen molar-refractivity contribution in [3.05, 3.63) is 125 Å². The average molecular weight is 561 g/mol. The van der Waals surface area contributed by atoms with Gasteiger partial charge in [0, 0.05) is 17.8 Å². The molecule has 0 saturated heterocycles. The van der Waals surface area contributed by atoms with Crippen LogP contribution < -0.4 is 19.7 Å². The minimum absolute atomic E-state index is 0.118. The van der Waals surface area contributed by atoms with E-state index >= 15 is 0 Å². The van der Waals surface area contributed by atoms with Gasteiger partial charge < -0.3 is 14.8 Å². The van der Waals surface area contributed by atoms with Crippen molar-refractivity contribution in [2.24, 2.45) is 0 Å². The van der Waals surface area contributed by atoms with Crippen LogP contribution in [0.1, 0.15) is 44.6 Å². The summed E-state index contributed by atoms with van der Waals surface area (Å²) in [6.07, 6.45) is -4.50. The lowest BCUT2D eigenvalue weighted by Crippen LogP contribution is -2.47. The van der Waals surface area contributed by atoms with Crippen LogP contribution in [-0.4, -0.2) is 26.0 Å². The fourth-order valence-electron chi connectivity index (χ4n) is 5.14. The SMILES string of the molecule is COc1ccc([C@@H]2[C@H](C(=O)NCc3cccc(C(F)(F)F)c3)c3ccccc3C(=O)N2c2ccc(OC)cc2)cc1. The number of ether oxygens (including phenoxy) is 2. The number of anilines is 1. The summed E-state index contributed by atoms with van der Waals surface area (Å²) in [4.78, 5) is 29.6. The normalized spacial score (nSPS) is 16.6. The molecule has 0 saturated carbocycles. The van der Waals surface area contributed by atoms with Gasteiger partial charge in [0.2, 0.25) is 5.91 Å². The first-order chi connectivity index (χ1) is 19.7. The van der Waals surface area contributed by atoms with Crippen LogP contribution in [0.5, 0.6) is 11.5 Å². The summed E-state index contributed by atoms with van der Waals surface area (Å²) in [5.74, 6) is -0.367. The molecule has 0 aromatic heterocycles. The van der Waals surface area contributed by atoms with Crippen molar-refractivity contribution in [3.63, 3.8) is 0 Å². The lowest BCUT2D eigenvalue weighted by molar-refractivity contribution is -0.137. The van der Waals surface area contributed by atoms with Crippen molar-refractivity contribution in [1.82, 2.24) is 5.32 Å². The second-order valence-corrected chi connectivity index (χ2v) is 9.57. The molecule has 5 rings (SSSR count). The van der Waals surface area contributed by atoms with Crippen LogP contribution in [0.3, 0.4) is 0 Å². The molecule has 210 valence electrons. The monoisotopic (exact) mass is 560 g/mol. The van der Waals surface area contributed by atoms with E-state index in [2.05, 4.69) is 5.32 Å². The predicted octanol–water partition coefficient (Wildman–Crippen LogP) is 6.52. The highest BCUT2D eigenvalue weighted by Crippen LogP contribution is 2.45. The van der Waals surface area contributed by atoms with Crippen LogP contribution in [-0.2, 0) is 17.5 Å². The van der Waals surface area contributed by atoms with Gasteiger partial charge in [0.25, 0.3) is 5.91 Å². The minimum atomic E-state index is -4.50. The summed E-state index contributed by atoms with van der Waals surface area (Å²) in [5, 5.41) is 2.83. The quantitative estimate of drug-likeness (QED) is 0.279. The van der Waals surface area contributed by atoms with Crippen molar-refractivity contribution < 1.29 is 32.2 Å². The van der Waals surface area contributed by atoms with Crippen molar-refractivity contribution in [2.75, 3.05) is 19.1 Å². The van der Waals surface area contributed by atoms with Gasteiger partial charge in [-0.1, -0.05) is 42.5 Å². The molecule has 1 N–H and O–H groups in total. The maximum Gasteiger partial charge on any atom is 0.416 e. The molecule has 0 radical (unpaired) electrons. The average Bonchev–Trinajstić information content (AvgIpc) is 2.99. The Morgan fingerprint density at radius 3 is 2.12 bits per heavy atom. The van der Waals surface area contributed by atoms with Gasteiger partial charge in [-0.2, -0.15) is 13.2 Å². The minimum Gasteiger partial charge on any atom is -0.497 e. The third-order valence-electron chi connectivity index (χ3n) is 7.15. The largest absolute Gasteiger partial charge is 0.497 e. The number of nitrogens with one attached hydrogen (secondary N) is 1. The summed E-state index contributed by atoms with van der Waals surface area (Å²) in [7, 11) is 3.09. The van der Waals surface area contributed by atoms with Gasteiger partial charge in [-0.15, -0.1) is 0 Å². The Morgan fingerprint density at radius 2 is 1.49 bits per heavy atom. The maximum atomic E-state index is 14.0. The fraction of sp³-hybridized carbons (Fsp3) is 0.188. The molecule has 6 nitrogen and oxygen atoms in total. The van der Waals surface area contributed by atoms with Gasteiger partial charge in [0.1, 0.15) is 11.5 Å². The molecule has 0 unspecified atom stereocenters. The van der Waals surface area contributed by atoms with Crippen molar-refractivity contribution in [1.29, 1.82) is 0 Å². The number of alkyl halides is 3. The van der Waals surface area contributed by atoms with E-state index in [0.29, 0.717) is 39.4 Å². The number of nitrogens with zero attached hydrogens (tertiary/aromatic N) is 1. The first-order valence-electron chi connectivity index (χ1n) is 12.9. The lowest BCUT2D eigenvalue weighted by atomic mass is 9.78. The van der Waals surface area contributed by atoms with E-state index in [4.69, 9.17) is 9.47 Å². The molecule has 0 bridgehead atoms. The number of hydrogen-bond donors (Lipinski definition) is 1. The summed E-state index contributed by atoms with van der Waals surface area (Å²) < 4.78 is 50.4. The number of hydrogen-bond acceptors (Lipinski definition) is 4. The van der Waals surface area contributed by atoms with E-state index in [0.717, 1.165) is 12.1 Å². The van der Waals surface area contributed by atoms with Crippen molar-refractivity contribution in [3.8, 4) is 11.5 Å². The number of fused-ring (bicyclic) bond motifs is 1. The third kappa shape index (κ3) is 5.61. The predicted molar refractivity (Wildman–Crippen MR) is 148 cm³/mol. The van der Waals surface area contributed by atoms with E-state index in [1.807, 2.05) is 0 Å². The van der Waals surface area contributed by atoms with Gasteiger partial charge in [0.05, 0.1) is 31.7 Å². The summed E-state index contributed by atoms with van der Waals surface area (Å²) >= 11 is 0. The molecule has 1 heterocycles. The first kappa shape index (κ1) is 27.8. The van der Waals surface area contributed by atoms with Crippen molar-refractivity contribution in [2.45, 2.75) is 24.7 Å². The zero-order chi connectivity index (χ0) is 29.1. The first-order valence-corrected chi connectivity index (χ1v) is 12.9. The van der Waals surface area contributed by atoms with Crippen LogP contribution in [0, 0.1) is 0 Å². The topological polar surface area (TPSA) is 67.9 Å². The molecule has 4 aromatic rings. The molecule has 0 spiro atoms. The molecule has 41 heavy (non-hydrogen) atoms. The van der Waals surface area contributed by atoms with Gasteiger partial charge in [-0.25, -0.2) is 0 Å². The molecule has 2 atom stereocenters. The summed E-state index contributed by atoms with van der Waals surface area (Å²) in [6.45, 7) is -0.118. The zero-order valence-electron chi connectivity index (χ0n) is 22.3. The second-order valence-electron chi connectivity index (χ2n) is 9.57. The van der Waals surface area contributed by atoms with E-state index < -0.39 is 29.6 Å². The molecule has 9 heteroatoms. The van der Waals surface area contributed by atoms with Crippen LogP contribution >= 0.6 is 0 Å². The van der Waals surface area contributed by atoms with Gasteiger partial charge in [-0.05, 0) is 71.3 Å². The molecule has 1 aliphatic rings. The van der Waals surface area contributed by atoms with Gasteiger partial charge in [0.15, 0.2) is 0 Å². The Morgan fingerprint density at radius 1 is 0.854 bits per heavy atom. The summed E-state index contributed by atoms with van der Waals surface area (Å²) in [5.41, 5.74) is 1.66. The highest BCUT2D eigenvalue weighted by atomic mass is 19.4. The third-order valence-corrected chi connectivity index (χ3v) is 7.15. The molecule has 0 aliphatic carbocycles. The Kier molecular flexibility index (Phi) is 7.70. The standard InChI is InChI=1S/C32H27F3N2O4/c1-40-24-14-10-21(11-15-24)29-28(30(38)36-19-20-6-5-7-22(18-20)32(33,34)35)26-8-3-4-9-27(26)31(39)37(29)23-12-16-25(41-2)17-13-23/h3-18,28-29H,19H2,1-2H3,(H,36,38)/t28-,29-/m1/s1. The highest BCUT2D eigenvalue weighted by Gasteiger charge is 2.45. The van der Waals surface area contributed by atoms with E-state index in [-0.39, 0.29) is 12.5 Å². The number of amides is 2. The molecule has 0 fully saturated rings. The molecular weight excluding hydrogens is 533 g/mol. The number of rotatable bonds is 7. The highest BCUT2D eigenvalue weighted by molar-refractivity contribution is 6.11. The molecule has 2 amide bonds. The Labute approximate surface area is 235 Å². The number of carbonyl (C=O) groups excluding carboxylic acids is 2. The fourth-order valence-corrected chi connectivity index (χ4v) is 5.14.